The summed E-state index contributed by atoms with van der Waals surface area (Å²) in [5, 5.41) is 33.8. The topological polar surface area (TPSA) is 149 Å². The molecule has 0 bridgehead atoms. The van der Waals surface area contributed by atoms with Gasteiger partial charge in [0, 0.05) is 0 Å². The van der Waals surface area contributed by atoms with E-state index in [1.165, 1.54) is 0 Å². The Hall–Kier alpha value is -2.12. The first kappa shape index (κ1) is 19.9. The van der Waals surface area contributed by atoms with Gasteiger partial charge in [0.15, 0.2) is 5.92 Å². The van der Waals surface area contributed by atoms with E-state index >= 15 is 0 Å². The van der Waals surface area contributed by atoms with Crippen molar-refractivity contribution in [1.29, 1.82) is 0 Å². The molecule has 0 aromatic rings. The van der Waals surface area contributed by atoms with Gasteiger partial charge in [-0.3, -0.25) is 19.2 Å². The first-order valence-electron chi connectivity index (χ1n) is 7.11. The average Bonchev–Trinajstić information content (AvgIpc) is 2.89. The van der Waals surface area contributed by atoms with Gasteiger partial charge in [0.1, 0.15) is 0 Å². The molecular weight excluding hydrogens is 296 g/mol. The van der Waals surface area contributed by atoms with Crippen molar-refractivity contribution in [3.63, 3.8) is 0 Å². The Labute approximate surface area is 127 Å². The van der Waals surface area contributed by atoms with Gasteiger partial charge >= 0.3 is 23.9 Å². The lowest BCUT2D eigenvalue weighted by Gasteiger charge is -2.04. The second-order valence-electron chi connectivity index (χ2n) is 5.25. The zero-order valence-corrected chi connectivity index (χ0v) is 12.4. The molecule has 0 saturated heterocycles. The van der Waals surface area contributed by atoms with Gasteiger partial charge in [-0.15, -0.1) is 0 Å². The van der Waals surface area contributed by atoms with Crippen molar-refractivity contribution in [2.75, 3.05) is 0 Å². The highest BCUT2D eigenvalue weighted by Crippen LogP contribution is 2.30. The van der Waals surface area contributed by atoms with Gasteiger partial charge in [-0.25, -0.2) is 0 Å². The summed E-state index contributed by atoms with van der Waals surface area (Å²) in [7, 11) is 0. The number of rotatable bonds is 7. The summed E-state index contributed by atoms with van der Waals surface area (Å²) in [5.41, 5.74) is 0. The number of carboxylic acids is 4. The minimum Gasteiger partial charge on any atom is -0.481 e. The molecule has 22 heavy (non-hydrogen) atoms. The molecule has 1 aliphatic rings. The molecule has 0 aliphatic heterocycles. The standard InChI is InChI=1S/C7H10O4.C7H12O4/c8-6(9)4-1-2-5(3-4)7(10)11;1-2-3-4-5(6(8)9)7(10)11/h4-5H,1-3H2,(H,8,9)(H,10,11);5H,2-4H2,1H3,(H,8,9)(H,10,11). The predicted molar refractivity (Wildman–Crippen MR) is 74.4 cm³/mol. The zero-order valence-electron chi connectivity index (χ0n) is 12.4. The maximum Gasteiger partial charge on any atom is 0.317 e. The van der Waals surface area contributed by atoms with Gasteiger partial charge in [0.25, 0.3) is 0 Å². The fourth-order valence-electron chi connectivity index (χ4n) is 2.19. The molecule has 0 aromatic heterocycles. The second kappa shape index (κ2) is 9.75. The molecular formula is C14H22O8. The van der Waals surface area contributed by atoms with E-state index in [1.54, 1.807) is 0 Å². The third kappa shape index (κ3) is 7.05. The second-order valence-corrected chi connectivity index (χ2v) is 5.25. The Morgan fingerprint density at radius 1 is 0.909 bits per heavy atom. The normalized spacial score (nSPS) is 20.1. The Morgan fingerprint density at radius 2 is 1.32 bits per heavy atom. The van der Waals surface area contributed by atoms with Gasteiger partial charge in [0.2, 0.25) is 0 Å². The van der Waals surface area contributed by atoms with Crippen LogP contribution in [0.25, 0.3) is 0 Å². The van der Waals surface area contributed by atoms with Crippen molar-refractivity contribution in [1.82, 2.24) is 0 Å². The predicted octanol–water partition coefficient (Wildman–Crippen LogP) is 1.53. The van der Waals surface area contributed by atoms with Crippen LogP contribution in [0.5, 0.6) is 0 Å². The fourth-order valence-corrected chi connectivity index (χ4v) is 2.19. The van der Waals surface area contributed by atoms with Crippen molar-refractivity contribution < 1.29 is 39.6 Å². The van der Waals surface area contributed by atoms with Gasteiger partial charge in [-0.2, -0.15) is 0 Å². The van der Waals surface area contributed by atoms with Crippen LogP contribution in [0.2, 0.25) is 0 Å². The largest absolute Gasteiger partial charge is 0.481 e. The highest BCUT2D eigenvalue weighted by Gasteiger charge is 2.33. The lowest BCUT2D eigenvalue weighted by atomic mass is 10.0. The number of carboxylic acid groups (broad SMARTS) is 4. The summed E-state index contributed by atoms with van der Waals surface area (Å²) in [4.78, 5) is 41.3. The van der Waals surface area contributed by atoms with E-state index in [-0.39, 0.29) is 6.42 Å². The summed E-state index contributed by atoms with van der Waals surface area (Å²) in [6.45, 7) is 1.89. The Bertz CT molecular complexity index is 383. The van der Waals surface area contributed by atoms with Crippen LogP contribution in [0.15, 0.2) is 0 Å². The molecule has 4 N–H and O–H groups in total. The molecule has 0 heterocycles. The van der Waals surface area contributed by atoms with Crippen LogP contribution in [0.4, 0.5) is 0 Å². The molecule has 0 amide bonds. The molecule has 126 valence electrons. The molecule has 0 aromatic carbocycles. The first-order valence-corrected chi connectivity index (χ1v) is 7.11. The SMILES string of the molecule is CCCCC(C(=O)O)C(=O)O.O=C(O)C1CCC(C(=O)O)C1. The van der Waals surface area contributed by atoms with Crippen LogP contribution in [-0.4, -0.2) is 44.3 Å². The minimum absolute atomic E-state index is 0.223. The Morgan fingerprint density at radius 3 is 1.55 bits per heavy atom. The van der Waals surface area contributed by atoms with Crippen LogP contribution >= 0.6 is 0 Å². The summed E-state index contributed by atoms with van der Waals surface area (Å²) < 4.78 is 0. The molecule has 8 heteroatoms. The summed E-state index contributed by atoms with van der Waals surface area (Å²) in [6.07, 6.45) is 2.99. The summed E-state index contributed by atoms with van der Waals surface area (Å²) in [5.74, 6) is -6.32. The molecule has 0 spiro atoms. The lowest BCUT2D eigenvalue weighted by molar-refractivity contribution is -0.155. The van der Waals surface area contributed by atoms with E-state index < -0.39 is 41.6 Å². The van der Waals surface area contributed by atoms with Crippen LogP contribution in [-0.2, 0) is 19.2 Å². The number of unbranched alkanes of at least 4 members (excludes halogenated alkanes) is 1. The molecule has 0 radical (unpaired) electrons. The van der Waals surface area contributed by atoms with Crippen molar-refractivity contribution in [3.8, 4) is 0 Å². The zero-order chi connectivity index (χ0) is 17.3. The molecule has 1 aliphatic carbocycles. The molecule has 2 unspecified atom stereocenters. The summed E-state index contributed by atoms with van der Waals surface area (Å²) >= 11 is 0. The van der Waals surface area contributed by atoms with Crippen molar-refractivity contribution in [3.05, 3.63) is 0 Å². The number of hydrogen-bond acceptors (Lipinski definition) is 4. The van der Waals surface area contributed by atoms with Crippen LogP contribution in [0.1, 0.15) is 45.4 Å². The van der Waals surface area contributed by atoms with Gasteiger partial charge < -0.3 is 20.4 Å². The minimum atomic E-state index is -1.24. The number of aliphatic carboxylic acids is 4. The van der Waals surface area contributed by atoms with Crippen LogP contribution in [0, 0.1) is 17.8 Å². The quantitative estimate of drug-likeness (QED) is 0.516. The highest BCUT2D eigenvalue weighted by molar-refractivity contribution is 5.92. The van der Waals surface area contributed by atoms with E-state index in [0.717, 1.165) is 6.42 Å². The monoisotopic (exact) mass is 318 g/mol. The van der Waals surface area contributed by atoms with Crippen LogP contribution < -0.4 is 0 Å². The molecule has 1 saturated carbocycles. The Balaban J connectivity index is 0.000000401. The van der Waals surface area contributed by atoms with E-state index in [9.17, 15) is 19.2 Å². The third-order valence-corrected chi connectivity index (χ3v) is 3.57. The van der Waals surface area contributed by atoms with Crippen molar-refractivity contribution in [2.45, 2.75) is 45.4 Å². The smallest absolute Gasteiger partial charge is 0.317 e. The fraction of sp³-hybridized carbons (Fsp3) is 0.714. The van der Waals surface area contributed by atoms with E-state index in [0.29, 0.717) is 25.7 Å². The summed E-state index contributed by atoms with van der Waals surface area (Å²) in [6, 6.07) is 0. The van der Waals surface area contributed by atoms with E-state index in [2.05, 4.69) is 0 Å². The van der Waals surface area contributed by atoms with Crippen molar-refractivity contribution in [2.24, 2.45) is 17.8 Å². The van der Waals surface area contributed by atoms with Gasteiger partial charge in [0.05, 0.1) is 11.8 Å². The van der Waals surface area contributed by atoms with Crippen LogP contribution in [0.3, 0.4) is 0 Å². The molecule has 8 nitrogen and oxygen atoms in total. The molecule has 2 atom stereocenters. The van der Waals surface area contributed by atoms with Gasteiger partial charge in [-0.1, -0.05) is 19.8 Å². The first-order chi connectivity index (χ1) is 10.2. The molecule has 1 rings (SSSR count). The highest BCUT2D eigenvalue weighted by atomic mass is 16.4. The maximum absolute atomic E-state index is 10.4. The number of carbonyl (C=O) groups is 4. The Kier molecular flexibility index (Phi) is 8.81. The van der Waals surface area contributed by atoms with Crippen molar-refractivity contribution >= 4 is 23.9 Å². The lowest BCUT2D eigenvalue weighted by Crippen LogP contribution is -2.22. The maximum atomic E-state index is 10.4. The number of hydrogen-bond donors (Lipinski definition) is 4. The molecule has 1 fully saturated rings. The third-order valence-electron chi connectivity index (χ3n) is 3.57. The van der Waals surface area contributed by atoms with E-state index in [4.69, 9.17) is 20.4 Å². The van der Waals surface area contributed by atoms with Gasteiger partial charge in [-0.05, 0) is 25.7 Å². The van der Waals surface area contributed by atoms with E-state index in [1.807, 2.05) is 6.92 Å². The average molecular weight is 318 g/mol.